The van der Waals surface area contributed by atoms with Crippen LogP contribution in [-0.2, 0) is 0 Å². The van der Waals surface area contributed by atoms with Gasteiger partial charge in [-0.25, -0.2) is 0 Å². The van der Waals surface area contributed by atoms with Gasteiger partial charge in [0.1, 0.15) is 0 Å². The molecule has 0 aromatic carbocycles. The van der Waals surface area contributed by atoms with Crippen LogP contribution in [0, 0.1) is 12.0 Å². The van der Waals surface area contributed by atoms with Crippen LogP contribution in [0.4, 0.5) is 0 Å². The van der Waals surface area contributed by atoms with Crippen molar-refractivity contribution in [3.8, 4) is 0 Å². The molecule has 0 atom stereocenters. The monoisotopic (exact) mass is 135 g/mol. The van der Waals surface area contributed by atoms with Crippen LogP contribution in [-0.4, -0.2) is 0 Å². The Labute approximate surface area is 63.6 Å². The highest BCUT2D eigenvalue weighted by Gasteiger charge is 2.04. The SMILES string of the molecule is CC1=[C]CC(CC(C)C)=C1. The van der Waals surface area contributed by atoms with Crippen LogP contribution in [0.15, 0.2) is 17.2 Å². The lowest BCUT2D eigenvalue weighted by Gasteiger charge is -2.03. The summed E-state index contributed by atoms with van der Waals surface area (Å²) in [6.45, 7) is 6.64. The van der Waals surface area contributed by atoms with E-state index in [9.17, 15) is 0 Å². The largest absolute Gasteiger partial charge is 0.0653 e. The minimum atomic E-state index is 0.791. The number of allylic oxidation sites excluding steroid dienone is 4. The molecule has 1 rings (SSSR count). The highest BCUT2D eigenvalue weighted by Crippen LogP contribution is 2.22. The summed E-state index contributed by atoms with van der Waals surface area (Å²) >= 11 is 0. The van der Waals surface area contributed by atoms with Crippen molar-refractivity contribution in [1.82, 2.24) is 0 Å². The Bertz CT molecular complexity index is 170. The first-order chi connectivity index (χ1) is 4.68. The van der Waals surface area contributed by atoms with Gasteiger partial charge in [-0.05, 0) is 37.3 Å². The third-order valence-corrected chi connectivity index (χ3v) is 1.69. The number of hydrogen-bond acceptors (Lipinski definition) is 0. The number of hydrogen-bond donors (Lipinski definition) is 0. The Morgan fingerprint density at radius 2 is 2.30 bits per heavy atom. The Hall–Kier alpha value is -0.520. The van der Waals surface area contributed by atoms with Crippen molar-refractivity contribution >= 4 is 0 Å². The molecule has 0 aromatic heterocycles. The average molecular weight is 135 g/mol. The van der Waals surface area contributed by atoms with E-state index in [0.29, 0.717) is 0 Å². The number of rotatable bonds is 2. The van der Waals surface area contributed by atoms with Crippen LogP contribution in [0.1, 0.15) is 33.6 Å². The van der Waals surface area contributed by atoms with E-state index >= 15 is 0 Å². The molecule has 0 N–H and O–H groups in total. The van der Waals surface area contributed by atoms with Gasteiger partial charge in [-0.3, -0.25) is 0 Å². The Morgan fingerprint density at radius 1 is 1.60 bits per heavy atom. The summed E-state index contributed by atoms with van der Waals surface area (Å²) in [6.07, 6.45) is 7.88. The molecule has 1 aliphatic carbocycles. The van der Waals surface area contributed by atoms with Crippen LogP contribution in [0.2, 0.25) is 0 Å². The molecule has 55 valence electrons. The molecule has 10 heavy (non-hydrogen) atoms. The van der Waals surface area contributed by atoms with Crippen molar-refractivity contribution in [2.75, 3.05) is 0 Å². The van der Waals surface area contributed by atoms with Gasteiger partial charge < -0.3 is 0 Å². The molecule has 0 fully saturated rings. The summed E-state index contributed by atoms with van der Waals surface area (Å²) in [6, 6.07) is 0. The second-order valence-corrected chi connectivity index (χ2v) is 3.44. The fourth-order valence-electron chi connectivity index (χ4n) is 1.32. The van der Waals surface area contributed by atoms with Crippen LogP contribution >= 0.6 is 0 Å². The van der Waals surface area contributed by atoms with E-state index in [1.54, 1.807) is 5.57 Å². The van der Waals surface area contributed by atoms with Gasteiger partial charge in [0.05, 0.1) is 0 Å². The van der Waals surface area contributed by atoms with Gasteiger partial charge >= 0.3 is 0 Å². The molecule has 0 amide bonds. The molecule has 1 radical (unpaired) electrons. The molecule has 0 spiro atoms. The summed E-state index contributed by atoms with van der Waals surface area (Å²) in [5, 5.41) is 0. The molecule has 0 saturated heterocycles. The zero-order valence-electron chi connectivity index (χ0n) is 7.07. The van der Waals surface area contributed by atoms with Gasteiger partial charge in [-0.1, -0.05) is 25.5 Å². The van der Waals surface area contributed by atoms with Crippen LogP contribution in [0.3, 0.4) is 0 Å². The smallest absolute Gasteiger partial charge is 0.00582 e. The maximum absolute atomic E-state index is 3.30. The van der Waals surface area contributed by atoms with E-state index in [4.69, 9.17) is 0 Å². The normalized spacial score (nSPS) is 17.6. The van der Waals surface area contributed by atoms with Crippen LogP contribution < -0.4 is 0 Å². The van der Waals surface area contributed by atoms with Gasteiger partial charge in [0.2, 0.25) is 0 Å². The quantitative estimate of drug-likeness (QED) is 0.545. The van der Waals surface area contributed by atoms with Crippen molar-refractivity contribution in [3.05, 3.63) is 23.3 Å². The van der Waals surface area contributed by atoms with E-state index < -0.39 is 0 Å². The van der Waals surface area contributed by atoms with Crippen molar-refractivity contribution < 1.29 is 0 Å². The van der Waals surface area contributed by atoms with Gasteiger partial charge in [0.15, 0.2) is 0 Å². The first-order valence-corrected chi connectivity index (χ1v) is 3.95. The first kappa shape index (κ1) is 7.59. The lowest BCUT2D eigenvalue weighted by atomic mass is 10.0. The molecule has 0 saturated carbocycles. The molecule has 0 heteroatoms. The zero-order chi connectivity index (χ0) is 7.56. The third kappa shape index (κ3) is 2.02. The predicted octanol–water partition coefficient (Wildman–Crippen LogP) is 3.11. The molecular weight excluding hydrogens is 120 g/mol. The summed E-state index contributed by atoms with van der Waals surface area (Å²) in [7, 11) is 0. The summed E-state index contributed by atoms with van der Waals surface area (Å²) in [5.74, 6) is 0.791. The standard InChI is InChI=1S/C10H15/c1-8(2)6-10-5-4-9(3)7-10/h7-8H,5-6H2,1-3H3. The summed E-state index contributed by atoms with van der Waals surface area (Å²) < 4.78 is 0. The predicted molar refractivity (Wildman–Crippen MR) is 44.6 cm³/mol. The van der Waals surface area contributed by atoms with Gasteiger partial charge in [-0.2, -0.15) is 0 Å². The second-order valence-electron chi connectivity index (χ2n) is 3.44. The average Bonchev–Trinajstić information content (AvgIpc) is 2.13. The first-order valence-electron chi connectivity index (χ1n) is 3.95. The van der Waals surface area contributed by atoms with E-state index in [2.05, 4.69) is 32.9 Å². The second kappa shape index (κ2) is 3.05. The van der Waals surface area contributed by atoms with E-state index in [0.717, 1.165) is 12.3 Å². The zero-order valence-corrected chi connectivity index (χ0v) is 7.07. The van der Waals surface area contributed by atoms with Crippen LogP contribution in [0.5, 0.6) is 0 Å². The molecule has 0 nitrogen and oxygen atoms in total. The highest BCUT2D eigenvalue weighted by atomic mass is 14.1. The maximum Gasteiger partial charge on any atom is -0.00582 e. The molecule has 0 bridgehead atoms. The Balaban J connectivity index is 2.41. The van der Waals surface area contributed by atoms with Crippen molar-refractivity contribution in [2.24, 2.45) is 5.92 Å². The van der Waals surface area contributed by atoms with E-state index in [1.807, 2.05) is 0 Å². The molecule has 0 unspecified atom stereocenters. The van der Waals surface area contributed by atoms with Gasteiger partial charge in [0, 0.05) is 0 Å². The van der Waals surface area contributed by atoms with Crippen molar-refractivity contribution in [1.29, 1.82) is 0 Å². The lowest BCUT2D eigenvalue weighted by molar-refractivity contribution is 0.636. The van der Waals surface area contributed by atoms with Crippen LogP contribution in [0.25, 0.3) is 0 Å². The van der Waals surface area contributed by atoms with Crippen molar-refractivity contribution in [3.63, 3.8) is 0 Å². The van der Waals surface area contributed by atoms with Gasteiger partial charge in [-0.15, -0.1) is 0 Å². The minimum Gasteiger partial charge on any atom is -0.0653 e. The lowest BCUT2D eigenvalue weighted by Crippen LogP contribution is -1.88. The topological polar surface area (TPSA) is 0 Å². The Morgan fingerprint density at radius 3 is 2.70 bits per heavy atom. The summed E-state index contributed by atoms with van der Waals surface area (Å²) in [5.41, 5.74) is 2.86. The highest BCUT2D eigenvalue weighted by molar-refractivity contribution is 5.27. The summed E-state index contributed by atoms with van der Waals surface area (Å²) in [4.78, 5) is 0. The third-order valence-electron chi connectivity index (χ3n) is 1.69. The van der Waals surface area contributed by atoms with E-state index in [1.165, 1.54) is 12.0 Å². The fraction of sp³-hybridized carbons (Fsp3) is 0.600. The maximum atomic E-state index is 3.30. The van der Waals surface area contributed by atoms with Gasteiger partial charge in [0.25, 0.3) is 0 Å². The molecule has 1 aliphatic rings. The molecule has 0 aliphatic heterocycles. The van der Waals surface area contributed by atoms with E-state index in [-0.39, 0.29) is 0 Å². The molecule has 0 heterocycles. The minimum absolute atomic E-state index is 0.791. The molecular formula is C10H15. The fourth-order valence-corrected chi connectivity index (χ4v) is 1.32. The molecule has 0 aromatic rings. The van der Waals surface area contributed by atoms with Crippen molar-refractivity contribution in [2.45, 2.75) is 33.6 Å². The Kier molecular flexibility index (Phi) is 2.31.